The van der Waals surface area contributed by atoms with Gasteiger partial charge in [-0.2, -0.15) is 13.2 Å². The Kier molecular flexibility index (Phi) is 3.98. The number of alkyl halides is 3. The van der Waals surface area contributed by atoms with Gasteiger partial charge in [-0.15, -0.1) is 12.3 Å². The maximum atomic E-state index is 11.6. The Hall–Kier alpha value is -0.690. The molecule has 11 heavy (non-hydrogen) atoms. The van der Waals surface area contributed by atoms with Gasteiger partial charge in [0.15, 0.2) is 0 Å². The minimum Gasteiger partial charge on any atom is -0.327 e. The van der Waals surface area contributed by atoms with Crippen LogP contribution in [0.5, 0.6) is 0 Å². The molecule has 0 aromatic rings. The Labute approximate surface area is 63.8 Å². The first-order valence-electron chi connectivity index (χ1n) is 3.21. The van der Waals surface area contributed by atoms with Crippen LogP contribution in [0.4, 0.5) is 13.2 Å². The van der Waals surface area contributed by atoms with E-state index in [4.69, 9.17) is 12.2 Å². The van der Waals surface area contributed by atoms with Gasteiger partial charge >= 0.3 is 6.18 Å². The van der Waals surface area contributed by atoms with Crippen molar-refractivity contribution in [2.45, 2.75) is 31.5 Å². The minimum absolute atomic E-state index is 0.232. The van der Waals surface area contributed by atoms with Crippen molar-refractivity contribution in [1.82, 2.24) is 0 Å². The highest BCUT2D eigenvalue weighted by Crippen LogP contribution is 2.21. The second kappa shape index (κ2) is 4.24. The largest absolute Gasteiger partial charge is 0.390 e. The van der Waals surface area contributed by atoms with Crippen LogP contribution in [0.2, 0.25) is 0 Å². The van der Waals surface area contributed by atoms with Crippen molar-refractivity contribution in [3.63, 3.8) is 0 Å². The number of halogens is 3. The average Bonchev–Trinajstić information content (AvgIpc) is 1.79. The van der Waals surface area contributed by atoms with Gasteiger partial charge in [-0.1, -0.05) is 0 Å². The highest BCUT2D eigenvalue weighted by molar-refractivity contribution is 4.85. The molecule has 0 saturated heterocycles. The lowest BCUT2D eigenvalue weighted by Crippen LogP contribution is -2.27. The number of hydrogen-bond acceptors (Lipinski definition) is 1. The van der Waals surface area contributed by atoms with E-state index in [-0.39, 0.29) is 6.42 Å². The fourth-order valence-electron chi connectivity index (χ4n) is 0.668. The summed E-state index contributed by atoms with van der Waals surface area (Å²) < 4.78 is 34.8. The Morgan fingerprint density at radius 2 is 2.00 bits per heavy atom. The molecule has 0 saturated carbocycles. The molecule has 64 valence electrons. The molecule has 0 aromatic carbocycles. The molecule has 0 rings (SSSR count). The van der Waals surface area contributed by atoms with Crippen molar-refractivity contribution in [2.24, 2.45) is 5.73 Å². The smallest absolute Gasteiger partial charge is 0.327 e. The molecule has 0 aliphatic heterocycles. The van der Waals surface area contributed by atoms with Gasteiger partial charge in [-0.3, -0.25) is 0 Å². The first kappa shape index (κ1) is 10.3. The van der Waals surface area contributed by atoms with Crippen LogP contribution < -0.4 is 5.73 Å². The normalized spacial score (nSPS) is 14.1. The van der Waals surface area contributed by atoms with Crippen LogP contribution in [-0.4, -0.2) is 12.2 Å². The molecule has 1 nitrogen and oxygen atoms in total. The van der Waals surface area contributed by atoms with E-state index >= 15 is 0 Å². The Morgan fingerprint density at radius 3 is 2.36 bits per heavy atom. The van der Waals surface area contributed by atoms with E-state index in [2.05, 4.69) is 5.92 Å². The third-order valence-corrected chi connectivity index (χ3v) is 1.15. The number of hydrogen-bond donors (Lipinski definition) is 1. The molecule has 0 spiro atoms. The fraction of sp³-hybridized carbons (Fsp3) is 0.714. The van der Waals surface area contributed by atoms with Crippen molar-refractivity contribution in [3.05, 3.63) is 0 Å². The SMILES string of the molecule is C#CCCC(N)CC(F)(F)F. The van der Waals surface area contributed by atoms with Crippen LogP contribution in [0.3, 0.4) is 0 Å². The van der Waals surface area contributed by atoms with Crippen molar-refractivity contribution in [1.29, 1.82) is 0 Å². The third kappa shape index (κ3) is 7.20. The Morgan fingerprint density at radius 1 is 1.45 bits per heavy atom. The van der Waals surface area contributed by atoms with E-state index in [0.29, 0.717) is 6.42 Å². The van der Waals surface area contributed by atoms with E-state index in [1.807, 2.05) is 0 Å². The lowest BCUT2D eigenvalue weighted by Gasteiger charge is -2.11. The lowest BCUT2D eigenvalue weighted by atomic mass is 10.1. The molecular weight excluding hydrogens is 155 g/mol. The summed E-state index contributed by atoms with van der Waals surface area (Å²) in [6, 6.07) is -0.856. The maximum absolute atomic E-state index is 11.6. The predicted octanol–water partition coefficient (Wildman–Crippen LogP) is 1.68. The molecule has 0 aromatic heterocycles. The molecule has 0 aliphatic carbocycles. The van der Waals surface area contributed by atoms with Crippen LogP contribution in [0.15, 0.2) is 0 Å². The van der Waals surface area contributed by atoms with Crippen LogP contribution in [0, 0.1) is 12.3 Å². The molecular formula is C7H10F3N. The third-order valence-electron chi connectivity index (χ3n) is 1.15. The van der Waals surface area contributed by atoms with Crippen molar-refractivity contribution >= 4 is 0 Å². The van der Waals surface area contributed by atoms with Crippen molar-refractivity contribution in [3.8, 4) is 12.3 Å². The van der Waals surface area contributed by atoms with Gasteiger partial charge in [0.05, 0.1) is 6.42 Å². The molecule has 0 amide bonds. The van der Waals surface area contributed by atoms with Gasteiger partial charge in [-0.05, 0) is 6.42 Å². The van der Waals surface area contributed by atoms with E-state index in [9.17, 15) is 13.2 Å². The van der Waals surface area contributed by atoms with Crippen molar-refractivity contribution < 1.29 is 13.2 Å². The highest BCUT2D eigenvalue weighted by Gasteiger charge is 2.29. The predicted molar refractivity (Wildman–Crippen MR) is 36.7 cm³/mol. The summed E-state index contributed by atoms with van der Waals surface area (Å²) in [5.41, 5.74) is 5.13. The molecule has 1 unspecified atom stereocenters. The maximum Gasteiger partial charge on any atom is 0.390 e. The van der Waals surface area contributed by atoms with Crippen molar-refractivity contribution in [2.75, 3.05) is 0 Å². The first-order valence-corrected chi connectivity index (χ1v) is 3.21. The van der Waals surface area contributed by atoms with Gasteiger partial charge in [0.1, 0.15) is 0 Å². The summed E-state index contributed by atoms with van der Waals surface area (Å²) in [6.07, 6.45) is 0.266. The lowest BCUT2D eigenvalue weighted by molar-refractivity contribution is -0.138. The molecule has 0 bridgehead atoms. The van der Waals surface area contributed by atoms with E-state index in [1.165, 1.54) is 0 Å². The van der Waals surface area contributed by atoms with Gasteiger partial charge in [0.25, 0.3) is 0 Å². The zero-order chi connectivity index (χ0) is 8.91. The zero-order valence-corrected chi connectivity index (χ0v) is 5.99. The summed E-state index contributed by atoms with van der Waals surface area (Å²) >= 11 is 0. The van der Waals surface area contributed by atoms with Gasteiger partial charge in [0.2, 0.25) is 0 Å². The van der Waals surface area contributed by atoms with Gasteiger partial charge < -0.3 is 5.73 Å². The topological polar surface area (TPSA) is 26.0 Å². The summed E-state index contributed by atoms with van der Waals surface area (Å²) in [5.74, 6) is 2.24. The second-order valence-electron chi connectivity index (χ2n) is 2.32. The Bertz CT molecular complexity index is 145. The standard InChI is InChI=1S/C7H10F3N/c1-2-3-4-6(11)5-7(8,9)10/h1,6H,3-5,11H2. The highest BCUT2D eigenvalue weighted by atomic mass is 19.4. The summed E-state index contributed by atoms with van der Waals surface area (Å²) in [5, 5.41) is 0. The molecule has 0 aliphatic rings. The summed E-state index contributed by atoms with van der Waals surface area (Å²) in [7, 11) is 0. The molecule has 4 heteroatoms. The number of nitrogens with two attached hydrogens (primary N) is 1. The van der Waals surface area contributed by atoms with E-state index in [1.54, 1.807) is 0 Å². The molecule has 0 fully saturated rings. The monoisotopic (exact) mass is 165 g/mol. The van der Waals surface area contributed by atoms with E-state index in [0.717, 1.165) is 0 Å². The van der Waals surface area contributed by atoms with Gasteiger partial charge in [-0.25, -0.2) is 0 Å². The molecule has 2 N–H and O–H groups in total. The molecule has 0 radical (unpaired) electrons. The average molecular weight is 165 g/mol. The van der Waals surface area contributed by atoms with Crippen LogP contribution in [0.1, 0.15) is 19.3 Å². The quantitative estimate of drug-likeness (QED) is 0.632. The van der Waals surface area contributed by atoms with E-state index < -0.39 is 18.6 Å². The van der Waals surface area contributed by atoms with Crippen LogP contribution in [-0.2, 0) is 0 Å². The number of rotatable bonds is 3. The number of terminal acetylenes is 1. The molecule has 0 heterocycles. The first-order chi connectivity index (χ1) is 4.95. The van der Waals surface area contributed by atoms with Gasteiger partial charge in [0, 0.05) is 12.5 Å². The zero-order valence-electron chi connectivity index (χ0n) is 5.99. The Balaban J connectivity index is 3.54. The van der Waals surface area contributed by atoms with Crippen LogP contribution in [0.25, 0.3) is 0 Å². The fourth-order valence-corrected chi connectivity index (χ4v) is 0.668. The minimum atomic E-state index is -4.17. The summed E-state index contributed by atoms with van der Waals surface area (Å²) in [6.45, 7) is 0. The second-order valence-corrected chi connectivity index (χ2v) is 2.32. The summed E-state index contributed by atoms with van der Waals surface area (Å²) in [4.78, 5) is 0. The van der Waals surface area contributed by atoms with Crippen LogP contribution >= 0.6 is 0 Å². The molecule has 1 atom stereocenters.